The summed E-state index contributed by atoms with van der Waals surface area (Å²) in [4.78, 5) is 27.2. The zero-order valence-electron chi connectivity index (χ0n) is 13.8. The third-order valence-electron chi connectivity index (χ3n) is 4.21. The largest absolute Gasteiger partial charge is 0.326 e. The van der Waals surface area contributed by atoms with Crippen molar-refractivity contribution in [3.63, 3.8) is 0 Å². The fourth-order valence-corrected chi connectivity index (χ4v) is 2.70. The molecule has 1 amide bonds. The van der Waals surface area contributed by atoms with Crippen LogP contribution in [0.3, 0.4) is 0 Å². The molecule has 3 aromatic rings. The van der Waals surface area contributed by atoms with Gasteiger partial charge in [-0.25, -0.2) is 0 Å². The molecule has 0 saturated carbocycles. The molecule has 2 N–H and O–H groups in total. The van der Waals surface area contributed by atoms with Gasteiger partial charge in [-0.15, -0.1) is 0 Å². The number of para-hydroxylation sites is 1. The lowest BCUT2D eigenvalue weighted by molar-refractivity contribution is -0.116. The fraction of sp³-hybridized carbons (Fsp3) is 0.200. The molecule has 3 rings (SSSR count). The Balaban J connectivity index is 1.75. The second-order valence-electron chi connectivity index (χ2n) is 6.06. The van der Waals surface area contributed by atoms with Crippen LogP contribution in [0.15, 0.2) is 53.3 Å². The normalized spacial score (nSPS) is 10.8. The Morgan fingerprint density at radius 1 is 1.04 bits per heavy atom. The summed E-state index contributed by atoms with van der Waals surface area (Å²) in [6.07, 6.45) is 0.686. The van der Waals surface area contributed by atoms with Crippen molar-refractivity contribution in [3.8, 4) is 0 Å². The molecule has 0 aliphatic carbocycles. The van der Waals surface area contributed by atoms with Crippen molar-refractivity contribution in [2.75, 3.05) is 5.32 Å². The maximum absolute atomic E-state index is 12.2. The number of hydrogen-bond acceptors (Lipinski definition) is 2. The number of anilines is 1. The minimum atomic E-state index is -0.127. The highest BCUT2D eigenvalue weighted by Crippen LogP contribution is 2.17. The third kappa shape index (κ3) is 3.54. The average Bonchev–Trinajstić information content (AvgIpc) is 2.56. The van der Waals surface area contributed by atoms with E-state index in [9.17, 15) is 9.59 Å². The van der Waals surface area contributed by atoms with E-state index in [-0.39, 0.29) is 17.9 Å². The lowest BCUT2D eigenvalue weighted by Crippen LogP contribution is -2.17. The number of aryl methyl sites for hydroxylation is 3. The summed E-state index contributed by atoms with van der Waals surface area (Å²) in [6, 6.07) is 15.2. The van der Waals surface area contributed by atoms with Crippen LogP contribution in [-0.4, -0.2) is 10.9 Å². The molecular formula is C20H20N2O2. The number of H-pyrrole nitrogens is 1. The number of aromatic nitrogens is 1. The summed E-state index contributed by atoms with van der Waals surface area (Å²) >= 11 is 0. The lowest BCUT2D eigenvalue weighted by Gasteiger charge is -2.07. The number of rotatable bonds is 4. The van der Waals surface area contributed by atoms with Crippen molar-refractivity contribution in [1.82, 2.24) is 4.98 Å². The molecule has 1 heterocycles. The van der Waals surface area contributed by atoms with Gasteiger partial charge >= 0.3 is 0 Å². The third-order valence-corrected chi connectivity index (χ3v) is 4.21. The Bertz CT molecular complexity index is 943. The molecule has 0 radical (unpaired) electrons. The molecule has 24 heavy (non-hydrogen) atoms. The average molecular weight is 320 g/mol. The summed E-state index contributed by atoms with van der Waals surface area (Å²) in [5.41, 5.74) is 4.43. The predicted molar refractivity (Wildman–Crippen MR) is 97.4 cm³/mol. The smallest absolute Gasteiger partial charge is 0.251 e. The Kier molecular flexibility index (Phi) is 4.47. The number of hydrogen-bond donors (Lipinski definition) is 2. The van der Waals surface area contributed by atoms with E-state index in [1.807, 2.05) is 56.3 Å². The second-order valence-corrected chi connectivity index (χ2v) is 6.06. The summed E-state index contributed by atoms with van der Waals surface area (Å²) in [5.74, 6) is -0.0965. The maximum Gasteiger partial charge on any atom is 0.251 e. The molecule has 0 aliphatic heterocycles. The number of carbonyl (C=O) groups is 1. The van der Waals surface area contributed by atoms with E-state index < -0.39 is 0 Å². The van der Waals surface area contributed by atoms with Crippen LogP contribution < -0.4 is 10.9 Å². The number of carbonyl (C=O) groups excluding carboxylic acids is 1. The first-order valence-electron chi connectivity index (χ1n) is 8.01. The molecular weight excluding hydrogens is 300 g/mol. The van der Waals surface area contributed by atoms with Gasteiger partial charge in [0.1, 0.15) is 0 Å². The second kappa shape index (κ2) is 6.71. The van der Waals surface area contributed by atoms with Crippen molar-refractivity contribution in [2.24, 2.45) is 0 Å². The number of aromatic amines is 1. The van der Waals surface area contributed by atoms with Crippen LogP contribution in [0.5, 0.6) is 0 Å². The Labute approximate surface area is 140 Å². The van der Waals surface area contributed by atoms with E-state index in [1.54, 1.807) is 0 Å². The molecule has 4 nitrogen and oxygen atoms in total. The van der Waals surface area contributed by atoms with Crippen LogP contribution in [0, 0.1) is 13.8 Å². The first-order chi connectivity index (χ1) is 11.5. The maximum atomic E-state index is 12.2. The van der Waals surface area contributed by atoms with Crippen LogP contribution in [0.2, 0.25) is 0 Å². The molecule has 0 atom stereocenters. The summed E-state index contributed by atoms with van der Waals surface area (Å²) in [5, 5.41) is 3.83. The summed E-state index contributed by atoms with van der Waals surface area (Å²) in [7, 11) is 0. The van der Waals surface area contributed by atoms with Gasteiger partial charge in [0.05, 0.1) is 0 Å². The van der Waals surface area contributed by atoms with E-state index in [0.29, 0.717) is 12.0 Å². The van der Waals surface area contributed by atoms with E-state index >= 15 is 0 Å². The molecule has 4 heteroatoms. The standard InChI is InChI=1S/C20H20N2O2/c1-13-10-16-12-15(20(24)22-18(16)11-14(13)2)8-9-19(23)21-17-6-4-3-5-7-17/h3-7,10-12H,8-9H2,1-2H3,(H,21,23)(H,22,24). The zero-order valence-corrected chi connectivity index (χ0v) is 13.8. The van der Waals surface area contributed by atoms with Crippen molar-refractivity contribution >= 4 is 22.5 Å². The van der Waals surface area contributed by atoms with Gasteiger partial charge in [-0.05, 0) is 67.1 Å². The SMILES string of the molecule is Cc1cc2cc(CCC(=O)Nc3ccccc3)c(=O)[nH]c2cc1C. The first-order valence-corrected chi connectivity index (χ1v) is 8.01. The van der Waals surface area contributed by atoms with Crippen molar-refractivity contribution in [3.05, 3.63) is 75.6 Å². The van der Waals surface area contributed by atoms with Crippen molar-refractivity contribution in [1.29, 1.82) is 0 Å². The number of amides is 1. The highest BCUT2D eigenvalue weighted by Gasteiger charge is 2.08. The molecule has 122 valence electrons. The van der Waals surface area contributed by atoms with Crippen LogP contribution in [0.25, 0.3) is 10.9 Å². The topological polar surface area (TPSA) is 62.0 Å². The van der Waals surface area contributed by atoms with Crippen LogP contribution >= 0.6 is 0 Å². The number of pyridine rings is 1. The summed E-state index contributed by atoms with van der Waals surface area (Å²) < 4.78 is 0. The fourth-order valence-electron chi connectivity index (χ4n) is 2.70. The first kappa shape index (κ1) is 16.0. The van der Waals surface area contributed by atoms with E-state index in [2.05, 4.69) is 16.4 Å². The van der Waals surface area contributed by atoms with Gasteiger partial charge < -0.3 is 10.3 Å². The Hall–Kier alpha value is -2.88. The molecule has 0 bridgehead atoms. The Morgan fingerprint density at radius 2 is 1.75 bits per heavy atom. The summed E-state index contributed by atoms with van der Waals surface area (Å²) in [6.45, 7) is 4.07. The van der Waals surface area contributed by atoms with Gasteiger partial charge in [0.25, 0.3) is 5.56 Å². The molecule has 0 unspecified atom stereocenters. The highest BCUT2D eigenvalue weighted by atomic mass is 16.1. The molecule has 1 aromatic heterocycles. The molecule has 0 aliphatic rings. The number of benzene rings is 2. The van der Waals surface area contributed by atoms with E-state index in [0.717, 1.165) is 22.2 Å². The van der Waals surface area contributed by atoms with Crippen LogP contribution in [-0.2, 0) is 11.2 Å². The van der Waals surface area contributed by atoms with Crippen molar-refractivity contribution in [2.45, 2.75) is 26.7 Å². The van der Waals surface area contributed by atoms with Crippen LogP contribution in [0.1, 0.15) is 23.1 Å². The molecule has 0 saturated heterocycles. The number of fused-ring (bicyclic) bond motifs is 1. The van der Waals surface area contributed by atoms with Crippen molar-refractivity contribution < 1.29 is 4.79 Å². The lowest BCUT2D eigenvalue weighted by atomic mass is 10.0. The Morgan fingerprint density at radius 3 is 2.50 bits per heavy atom. The van der Waals surface area contributed by atoms with Gasteiger partial charge in [0, 0.05) is 23.2 Å². The predicted octanol–water partition coefficient (Wildman–Crippen LogP) is 3.72. The molecule has 0 fully saturated rings. The minimum absolute atomic E-state index is 0.0965. The van der Waals surface area contributed by atoms with Gasteiger partial charge in [-0.1, -0.05) is 18.2 Å². The number of nitrogens with one attached hydrogen (secondary N) is 2. The van der Waals surface area contributed by atoms with Crippen LogP contribution in [0.4, 0.5) is 5.69 Å². The van der Waals surface area contributed by atoms with Gasteiger partial charge in [-0.2, -0.15) is 0 Å². The van der Waals surface area contributed by atoms with Gasteiger partial charge in [0.2, 0.25) is 5.91 Å². The monoisotopic (exact) mass is 320 g/mol. The van der Waals surface area contributed by atoms with E-state index in [4.69, 9.17) is 0 Å². The van der Waals surface area contributed by atoms with E-state index in [1.165, 1.54) is 5.56 Å². The quantitative estimate of drug-likeness (QED) is 0.769. The molecule has 2 aromatic carbocycles. The highest BCUT2D eigenvalue weighted by molar-refractivity contribution is 5.90. The minimum Gasteiger partial charge on any atom is -0.326 e. The van der Waals surface area contributed by atoms with Gasteiger partial charge in [0.15, 0.2) is 0 Å². The van der Waals surface area contributed by atoms with Gasteiger partial charge in [-0.3, -0.25) is 9.59 Å². The zero-order chi connectivity index (χ0) is 17.1. The molecule has 0 spiro atoms.